The van der Waals surface area contributed by atoms with Gasteiger partial charge in [-0.1, -0.05) is 6.07 Å². The maximum absolute atomic E-state index is 5.16. The fourth-order valence-electron chi connectivity index (χ4n) is 2.06. The van der Waals surface area contributed by atoms with Gasteiger partial charge < -0.3 is 10.2 Å². The lowest BCUT2D eigenvalue weighted by molar-refractivity contribution is 0.415. The Morgan fingerprint density at radius 1 is 1.28 bits per heavy atom. The molecule has 4 heteroatoms. The molecular weight excluding hydrogens is 244 g/mol. The van der Waals surface area contributed by atoms with Crippen LogP contribution in [0.4, 0.5) is 0 Å². The summed E-state index contributed by atoms with van der Waals surface area (Å²) in [5, 5.41) is 6.53. The van der Waals surface area contributed by atoms with Crippen LogP contribution in [0.3, 0.4) is 0 Å². The van der Waals surface area contributed by atoms with E-state index >= 15 is 0 Å². The lowest BCUT2D eigenvalue weighted by Gasteiger charge is -2.06. The normalized spacial score (nSPS) is 18.3. The van der Waals surface area contributed by atoms with Crippen molar-refractivity contribution in [1.82, 2.24) is 5.43 Å². The van der Waals surface area contributed by atoms with Crippen molar-refractivity contribution in [2.45, 2.75) is 12.5 Å². The molecule has 1 N–H and O–H groups in total. The van der Waals surface area contributed by atoms with Gasteiger partial charge in [0.05, 0.1) is 18.9 Å². The molecule has 2 aromatic rings. The third-order valence-corrected chi connectivity index (χ3v) is 4.05. The molecule has 18 heavy (non-hydrogen) atoms. The second-order valence-electron chi connectivity index (χ2n) is 4.19. The number of nitrogens with zero attached hydrogens (tertiary/aromatic N) is 1. The Balaban J connectivity index is 1.74. The van der Waals surface area contributed by atoms with Crippen molar-refractivity contribution in [2.24, 2.45) is 5.10 Å². The SMILES string of the molecule is COc1ccc(C2=NNC(c3cccs3)C2)cc1. The Labute approximate surface area is 110 Å². The van der Waals surface area contributed by atoms with Crippen LogP contribution in [-0.4, -0.2) is 12.8 Å². The smallest absolute Gasteiger partial charge is 0.118 e. The zero-order valence-electron chi connectivity index (χ0n) is 10.1. The van der Waals surface area contributed by atoms with Gasteiger partial charge in [0.25, 0.3) is 0 Å². The quantitative estimate of drug-likeness (QED) is 0.917. The first-order chi connectivity index (χ1) is 8.86. The van der Waals surface area contributed by atoms with Crippen LogP contribution in [0.2, 0.25) is 0 Å². The molecule has 1 aliphatic rings. The largest absolute Gasteiger partial charge is 0.497 e. The van der Waals surface area contributed by atoms with Gasteiger partial charge in [0, 0.05) is 11.3 Å². The van der Waals surface area contributed by atoms with E-state index in [1.165, 1.54) is 4.88 Å². The van der Waals surface area contributed by atoms with E-state index in [-0.39, 0.29) is 0 Å². The van der Waals surface area contributed by atoms with E-state index in [4.69, 9.17) is 4.74 Å². The molecule has 1 unspecified atom stereocenters. The maximum atomic E-state index is 5.16. The average Bonchev–Trinajstić information content (AvgIpc) is 3.09. The summed E-state index contributed by atoms with van der Waals surface area (Å²) in [5.41, 5.74) is 5.47. The molecule has 92 valence electrons. The first kappa shape index (κ1) is 11.3. The zero-order valence-corrected chi connectivity index (χ0v) is 10.9. The molecule has 0 spiro atoms. The van der Waals surface area contributed by atoms with Crippen LogP contribution in [0.15, 0.2) is 46.9 Å². The Bertz CT molecular complexity index is 546. The third-order valence-electron chi connectivity index (χ3n) is 3.06. The van der Waals surface area contributed by atoms with Crippen LogP contribution >= 0.6 is 11.3 Å². The van der Waals surface area contributed by atoms with Crippen molar-refractivity contribution in [2.75, 3.05) is 7.11 Å². The Morgan fingerprint density at radius 2 is 2.11 bits per heavy atom. The number of rotatable bonds is 3. The van der Waals surface area contributed by atoms with Crippen molar-refractivity contribution >= 4 is 17.0 Å². The van der Waals surface area contributed by atoms with Gasteiger partial charge in [-0.05, 0) is 41.3 Å². The molecular formula is C14H14N2OS. The van der Waals surface area contributed by atoms with E-state index in [2.05, 4.69) is 40.2 Å². The minimum absolute atomic E-state index is 0.321. The summed E-state index contributed by atoms with van der Waals surface area (Å²) in [7, 11) is 1.68. The first-order valence-electron chi connectivity index (χ1n) is 5.87. The minimum Gasteiger partial charge on any atom is -0.497 e. The van der Waals surface area contributed by atoms with Crippen molar-refractivity contribution in [3.63, 3.8) is 0 Å². The number of methoxy groups -OCH3 is 1. The molecule has 1 aliphatic heterocycles. The summed E-state index contributed by atoms with van der Waals surface area (Å²) >= 11 is 1.77. The lowest BCUT2D eigenvalue weighted by atomic mass is 10.0. The van der Waals surface area contributed by atoms with E-state index in [1.54, 1.807) is 18.4 Å². The van der Waals surface area contributed by atoms with Crippen molar-refractivity contribution in [3.05, 3.63) is 52.2 Å². The Kier molecular flexibility index (Phi) is 3.02. The predicted octanol–water partition coefficient (Wildman–Crippen LogP) is 3.20. The zero-order chi connectivity index (χ0) is 12.4. The number of ether oxygens (including phenoxy) is 1. The summed E-state index contributed by atoms with van der Waals surface area (Å²) in [4.78, 5) is 1.34. The number of thiophene rings is 1. The molecule has 3 rings (SSSR count). The van der Waals surface area contributed by atoms with Gasteiger partial charge >= 0.3 is 0 Å². The van der Waals surface area contributed by atoms with Crippen LogP contribution < -0.4 is 10.2 Å². The molecule has 1 atom stereocenters. The molecule has 0 radical (unpaired) electrons. The van der Waals surface area contributed by atoms with Gasteiger partial charge in [-0.25, -0.2) is 0 Å². The van der Waals surface area contributed by atoms with Crippen LogP contribution in [0.1, 0.15) is 22.9 Å². The highest BCUT2D eigenvalue weighted by Gasteiger charge is 2.21. The molecule has 0 aliphatic carbocycles. The standard InChI is InChI=1S/C14H14N2OS/c1-17-11-6-4-10(5-7-11)12-9-13(16-15-12)14-3-2-8-18-14/h2-8,13,16H,9H2,1H3. The molecule has 0 amide bonds. The summed E-state index contributed by atoms with van der Waals surface area (Å²) in [6.07, 6.45) is 0.937. The number of nitrogens with one attached hydrogen (secondary N) is 1. The molecule has 1 aromatic heterocycles. The van der Waals surface area contributed by atoms with Gasteiger partial charge in [0.1, 0.15) is 5.75 Å². The topological polar surface area (TPSA) is 33.6 Å². The lowest BCUT2D eigenvalue weighted by Crippen LogP contribution is -2.07. The van der Waals surface area contributed by atoms with E-state index in [0.717, 1.165) is 23.4 Å². The molecule has 0 saturated heterocycles. The van der Waals surface area contributed by atoms with Crippen LogP contribution in [0.25, 0.3) is 0 Å². The number of hydrogen-bond acceptors (Lipinski definition) is 4. The fraction of sp³-hybridized carbons (Fsp3) is 0.214. The van der Waals surface area contributed by atoms with Gasteiger partial charge in [-0.15, -0.1) is 11.3 Å². The molecule has 1 aromatic carbocycles. The minimum atomic E-state index is 0.321. The number of benzene rings is 1. The van der Waals surface area contributed by atoms with Crippen molar-refractivity contribution in [3.8, 4) is 5.75 Å². The number of hydrogen-bond donors (Lipinski definition) is 1. The molecule has 0 fully saturated rings. The molecule has 2 heterocycles. The summed E-state index contributed by atoms with van der Waals surface area (Å²) in [6, 6.07) is 12.6. The van der Waals surface area contributed by atoms with E-state index in [9.17, 15) is 0 Å². The second kappa shape index (κ2) is 4.82. The highest BCUT2D eigenvalue weighted by atomic mass is 32.1. The predicted molar refractivity (Wildman–Crippen MR) is 74.3 cm³/mol. The second-order valence-corrected chi connectivity index (χ2v) is 5.17. The number of hydrazone groups is 1. The van der Waals surface area contributed by atoms with Crippen LogP contribution in [-0.2, 0) is 0 Å². The summed E-state index contributed by atoms with van der Waals surface area (Å²) in [5.74, 6) is 0.875. The van der Waals surface area contributed by atoms with E-state index < -0.39 is 0 Å². The first-order valence-corrected chi connectivity index (χ1v) is 6.74. The highest BCUT2D eigenvalue weighted by Crippen LogP contribution is 2.27. The summed E-state index contributed by atoms with van der Waals surface area (Å²) in [6.45, 7) is 0. The van der Waals surface area contributed by atoms with Crippen molar-refractivity contribution < 1.29 is 4.74 Å². The Hall–Kier alpha value is -1.81. The van der Waals surface area contributed by atoms with Gasteiger partial charge in [-0.3, -0.25) is 0 Å². The highest BCUT2D eigenvalue weighted by molar-refractivity contribution is 7.10. The monoisotopic (exact) mass is 258 g/mol. The van der Waals surface area contributed by atoms with Gasteiger partial charge in [0.15, 0.2) is 0 Å². The average molecular weight is 258 g/mol. The molecule has 3 nitrogen and oxygen atoms in total. The summed E-state index contributed by atoms with van der Waals surface area (Å²) < 4.78 is 5.16. The Morgan fingerprint density at radius 3 is 2.78 bits per heavy atom. The van der Waals surface area contributed by atoms with Gasteiger partial charge in [0.2, 0.25) is 0 Å². The third kappa shape index (κ3) is 2.11. The molecule has 0 saturated carbocycles. The van der Waals surface area contributed by atoms with Crippen LogP contribution in [0, 0.1) is 0 Å². The maximum Gasteiger partial charge on any atom is 0.118 e. The van der Waals surface area contributed by atoms with E-state index in [0.29, 0.717) is 6.04 Å². The fourth-order valence-corrected chi connectivity index (χ4v) is 2.83. The van der Waals surface area contributed by atoms with Gasteiger partial charge in [-0.2, -0.15) is 5.10 Å². The van der Waals surface area contributed by atoms with Crippen molar-refractivity contribution in [1.29, 1.82) is 0 Å². The van der Waals surface area contributed by atoms with E-state index in [1.807, 2.05) is 12.1 Å². The molecule has 0 bridgehead atoms. The van der Waals surface area contributed by atoms with Crippen LogP contribution in [0.5, 0.6) is 5.75 Å².